The molecule has 6 heteroatoms. The molecule has 2 rings (SSSR count). The van der Waals surface area contributed by atoms with Gasteiger partial charge in [-0.05, 0) is 64.2 Å². The van der Waals surface area contributed by atoms with Crippen molar-refractivity contribution in [3.05, 3.63) is 29.8 Å². The minimum absolute atomic E-state index is 0.0117. The summed E-state index contributed by atoms with van der Waals surface area (Å²) in [5.41, 5.74) is 0.513. The number of nitrogens with zero attached hydrogens (tertiary/aromatic N) is 1. The Hall–Kier alpha value is -2.24. The molecule has 1 amide bonds. The monoisotopic (exact) mass is 377 g/mol. The summed E-state index contributed by atoms with van der Waals surface area (Å²) in [6.07, 6.45) is 0.893. The molecule has 27 heavy (non-hydrogen) atoms. The normalized spacial score (nSPS) is 20.6. The quantitative estimate of drug-likeness (QED) is 0.743. The molecule has 0 radical (unpaired) electrons. The molecule has 2 atom stereocenters. The molecule has 0 bridgehead atoms. The molecular formula is C21H31NO5. The van der Waals surface area contributed by atoms with E-state index in [1.165, 1.54) is 0 Å². The van der Waals surface area contributed by atoms with Crippen molar-refractivity contribution in [3.63, 3.8) is 0 Å². The van der Waals surface area contributed by atoms with Crippen LogP contribution in [0.5, 0.6) is 5.75 Å². The van der Waals surface area contributed by atoms with Crippen molar-refractivity contribution in [1.29, 1.82) is 0 Å². The zero-order valence-corrected chi connectivity index (χ0v) is 17.0. The van der Waals surface area contributed by atoms with Gasteiger partial charge in [0.2, 0.25) is 0 Å². The maximum Gasteiger partial charge on any atom is 0.410 e. The van der Waals surface area contributed by atoms with Crippen LogP contribution in [0.4, 0.5) is 4.79 Å². The first-order valence-electron chi connectivity index (χ1n) is 9.53. The second-order valence-electron chi connectivity index (χ2n) is 7.78. The molecule has 0 unspecified atom stereocenters. The Labute approximate surface area is 161 Å². The van der Waals surface area contributed by atoms with Gasteiger partial charge < -0.3 is 19.1 Å². The molecule has 1 aliphatic rings. The van der Waals surface area contributed by atoms with Crippen LogP contribution in [0.15, 0.2) is 24.3 Å². The largest absolute Gasteiger partial charge is 0.497 e. The zero-order valence-electron chi connectivity index (χ0n) is 17.0. The van der Waals surface area contributed by atoms with E-state index < -0.39 is 5.60 Å². The van der Waals surface area contributed by atoms with E-state index in [0.717, 1.165) is 11.3 Å². The van der Waals surface area contributed by atoms with Gasteiger partial charge in [0.15, 0.2) is 0 Å². The third-order valence-corrected chi connectivity index (χ3v) is 4.69. The van der Waals surface area contributed by atoms with Crippen LogP contribution in [0.2, 0.25) is 0 Å². The highest BCUT2D eigenvalue weighted by Gasteiger charge is 2.35. The molecule has 1 heterocycles. The van der Waals surface area contributed by atoms with E-state index in [4.69, 9.17) is 14.2 Å². The van der Waals surface area contributed by atoms with Crippen molar-refractivity contribution in [3.8, 4) is 5.75 Å². The number of carbonyl (C=O) groups excluding carboxylic acids is 2. The summed E-state index contributed by atoms with van der Waals surface area (Å²) >= 11 is 0. The first-order chi connectivity index (χ1) is 12.7. The Bertz CT molecular complexity index is 635. The number of amides is 1. The highest BCUT2D eigenvalue weighted by atomic mass is 16.6. The summed E-state index contributed by atoms with van der Waals surface area (Å²) in [7, 11) is 1.63. The minimum Gasteiger partial charge on any atom is -0.497 e. The van der Waals surface area contributed by atoms with Crippen LogP contribution in [-0.4, -0.2) is 49.4 Å². The second-order valence-corrected chi connectivity index (χ2v) is 7.78. The van der Waals surface area contributed by atoms with Gasteiger partial charge in [-0.3, -0.25) is 4.79 Å². The van der Waals surface area contributed by atoms with E-state index in [2.05, 4.69) is 0 Å². The summed E-state index contributed by atoms with van der Waals surface area (Å²) in [4.78, 5) is 26.7. The van der Waals surface area contributed by atoms with Gasteiger partial charge in [-0.2, -0.15) is 0 Å². The molecule has 0 aliphatic carbocycles. The van der Waals surface area contributed by atoms with E-state index in [1.807, 2.05) is 52.0 Å². The summed E-state index contributed by atoms with van der Waals surface area (Å²) in [5.74, 6) is 0.271. The lowest BCUT2D eigenvalue weighted by atomic mass is 9.82. The van der Waals surface area contributed by atoms with Gasteiger partial charge in [0.05, 0.1) is 19.6 Å². The highest BCUT2D eigenvalue weighted by molar-refractivity contribution is 5.74. The van der Waals surface area contributed by atoms with Gasteiger partial charge >= 0.3 is 12.1 Å². The number of hydrogen-bond acceptors (Lipinski definition) is 5. The maximum atomic E-state index is 12.6. The molecule has 150 valence electrons. The molecule has 1 aromatic rings. The predicted molar refractivity (Wildman–Crippen MR) is 103 cm³/mol. The van der Waals surface area contributed by atoms with Crippen LogP contribution in [0.3, 0.4) is 0 Å². The number of carbonyl (C=O) groups is 2. The number of likely N-dealkylation sites (tertiary alicyclic amines) is 1. The van der Waals surface area contributed by atoms with Crippen LogP contribution in [0.1, 0.15) is 52.0 Å². The van der Waals surface area contributed by atoms with E-state index >= 15 is 0 Å². The zero-order chi connectivity index (χ0) is 20.0. The smallest absolute Gasteiger partial charge is 0.410 e. The summed E-state index contributed by atoms with van der Waals surface area (Å²) in [6.45, 7) is 8.73. The molecular weight excluding hydrogens is 346 g/mol. The molecule has 1 aliphatic heterocycles. The van der Waals surface area contributed by atoms with Crippen LogP contribution in [0, 0.1) is 5.92 Å². The van der Waals surface area contributed by atoms with Crippen LogP contribution in [-0.2, 0) is 14.3 Å². The van der Waals surface area contributed by atoms with Crippen LogP contribution in [0.25, 0.3) is 0 Å². The summed E-state index contributed by atoms with van der Waals surface area (Å²) < 4.78 is 16.0. The Balaban J connectivity index is 2.21. The Kier molecular flexibility index (Phi) is 7.11. The lowest BCUT2D eigenvalue weighted by Gasteiger charge is -2.26. The number of methoxy groups -OCH3 is 1. The molecule has 1 saturated heterocycles. The van der Waals surface area contributed by atoms with Gasteiger partial charge in [-0.25, -0.2) is 4.79 Å². The second kappa shape index (κ2) is 9.11. The standard InChI is InChI=1S/C21H31NO5/c1-6-26-19(23)18-12-14-22(20(24)27-21(2,3)4)13-11-17(18)15-7-9-16(25-5)10-8-15/h7-10,17-18H,6,11-14H2,1-5H3/t17-,18+/m1/s1. The molecule has 1 fully saturated rings. The molecule has 0 saturated carbocycles. The minimum atomic E-state index is -0.542. The fourth-order valence-electron chi connectivity index (χ4n) is 3.39. The van der Waals surface area contributed by atoms with E-state index in [1.54, 1.807) is 12.0 Å². The third kappa shape index (κ3) is 5.88. The van der Waals surface area contributed by atoms with E-state index in [-0.39, 0.29) is 23.9 Å². The van der Waals surface area contributed by atoms with Crippen LogP contribution >= 0.6 is 0 Å². The van der Waals surface area contributed by atoms with Crippen LogP contribution < -0.4 is 4.74 Å². The van der Waals surface area contributed by atoms with Gasteiger partial charge in [-0.15, -0.1) is 0 Å². The number of rotatable bonds is 4. The summed E-state index contributed by atoms with van der Waals surface area (Å²) in [5, 5.41) is 0. The van der Waals surface area contributed by atoms with Crippen molar-refractivity contribution >= 4 is 12.1 Å². The Morgan fingerprint density at radius 1 is 1.11 bits per heavy atom. The predicted octanol–water partition coefficient (Wildman–Crippen LogP) is 3.99. The maximum absolute atomic E-state index is 12.6. The topological polar surface area (TPSA) is 65.1 Å². The molecule has 0 N–H and O–H groups in total. The van der Waals surface area contributed by atoms with Gasteiger partial charge in [0.1, 0.15) is 11.4 Å². The lowest BCUT2D eigenvalue weighted by Crippen LogP contribution is -2.37. The average molecular weight is 377 g/mol. The van der Waals surface area contributed by atoms with Crippen molar-refractivity contribution in [2.45, 2.75) is 52.1 Å². The molecule has 0 spiro atoms. The fraction of sp³-hybridized carbons (Fsp3) is 0.619. The summed E-state index contributed by atoms with van der Waals surface area (Å²) in [6, 6.07) is 7.76. The average Bonchev–Trinajstić information content (AvgIpc) is 2.83. The lowest BCUT2D eigenvalue weighted by molar-refractivity contribution is -0.149. The van der Waals surface area contributed by atoms with Gasteiger partial charge in [-0.1, -0.05) is 12.1 Å². The number of ether oxygens (including phenoxy) is 3. The molecule has 6 nitrogen and oxygen atoms in total. The first-order valence-corrected chi connectivity index (χ1v) is 9.53. The van der Waals surface area contributed by atoms with Crippen molar-refractivity contribution < 1.29 is 23.8 Å². The Morgan fingerprint density at radius 3 is 2.30 bits per heavy atom. The Morgan fingerprint density at radius 2 is 1.74 bits per heavy atom. The third-order valence-electron chi connectivity index (χ3n) is 4.69. The SMILES string of the molecule is CCOC(=O)[C@H]1CCN(C(=O)OC(C)(C)C)CC[C@@H]1c1ccc(OC)cc1. The van der Waals surface area contributed by atoms with Crippen molar-refractivity contribution in [2.75, 3.05) is 26.8 Å². The van der Waals surface area contributed by atoms with Gasteiger partial charge in [0.25, 0.3) is 0 Å². The van der Waals surface area contributed by atoms with E-state index in [0.29, 0.717) is 32.5 Å². The van der Waals surface area contributed by atoms with Crippen molar-refractivity contribution in [2.24, 2.45) is 5.92 Å². The first kappa shape index (κ1) is 21.1. The molecule has 0 aromatic heterocycles. The van der Waals surface area contributed by atoms with E-state index in [9.17, 15) is 9.59 Å². The number of esters is 1. The highest BCUT2D eigenvalue weighted by Crippen LogP contribution is 2.35. The number of hydrogen-bond donors (Lipinski definition) is 0. The van der Waals surface area contributed by atoms with Gasteiger partial charge in [0, 0.05) is 13.1 Å². The molecule has 1 aromatic carbocycles. The number of benzene rings is 1. The van der Waals surface area contributed by atoms with Crippen molar-refractivity contribution in [1.82, 2.24) is 4.90 Å². The fourth-order valence-corrected chi connectivity index (χ4v) is 3.39.